The second-order valence-electron chi connectivity index (χ2n) is 6.10. The molecule has 0 fully saturated rings. The zero-order chi connectivity index (χ0) is 18.0. The van der Waals surface area contributed by atoms with Crippen LogP contribution in [0, 0.1) is 0 Å². The van der Waals surface area contributed by atoms with Crippen LogP contribution in [0.4, 0.5) is 0 Å². The van der Waals surface area contributed by atoms with Gasteiger partial charge in [-0.1, -0.05) is 58.3 Å². The van der Waals surface area contributed by atoms with Gasteiger partial charge in [0, 0.05) is 19.5 Å². The molecule has 6 nitrogen and oxygen atoms in total. The van der Waals surface area contributed by atoms with Gasteiger partial charge >= 0.3 is 35.5 Å². The van der Waals surface area contributed by atoms with Gasteiger partial charge in [-0.2, -0.15) is 5.06 Å². The molecule has 0 heterocycles. The molecule has 144 valence electrons. The summed E-state index contributed by atoms with van der Waals surface area (Å²) in [6.45, 7) is 5.05. The molecule has 0 bridgehead atoms. The minimum Gasteiger partial charge on any atom is -1.00 e. The topological polar surface area (TPSA) is 78.9 Å². The Bertz CT molecular complexity index is 336. The number of unbranched alkanes of at least 4 members (excludes halogenated alkanes) is 8. The summed E-state index contributed by atoms with van der Waals surface area (Å²) in [6, 6.07) is 0. The standard InChI is InChI=1S/C18H36N2O4.Na.H/c1-3-5-6-7-8-9-10-11-12-13-17(21)19-14-15-20(24-4-2)16-18(22)23;;/h3-16H2,1-2H3,(H,19,21)(H,22,23);;/q;+1;-1. The van der Waals surface area contributed by atoms with Crippen molar-refractivity contribution in [2.75, 3.05) is 26.2 Å². The van der Waals surface area contributed by atoms with Crippen LogP contribution in [0.1, 0.15) is 79.5 Å². The van der Waals surface area contributed by atoms with Gasteiger partial charge < -0.3 is 11.8 Å². The second-order valence-corrected chi connectivity index (χ2v) is 6.10. The van der Waals surface area contributed by atoms with Crippen molar-refractivity contribution in [3.8, 4) is 0 Å². The van der Waals surface area contributed by atoms with Gasteiger partial charge in [0.1, 0.15) is 6.54 Å². The molecule has 0 aromatic heterocycles. The van der Waals surface area contributed by atoms with Crippen molar-refractivity contribution in [3.63, 3.8) is 0 Å². The average Bonchev–Trinajstić information content (AvgIpc) is 2.53. The molecule has 0 aromatic rings. The van der Waals surface area contributed by atoms with E-state index in [0.717, 1.165) is 12.8 Å². The Hall–Kier alpha value is -0.140. The third-order valence-corrected chi connectivity index (χ3v) is 3.81. The van der Waals surface area contributed by atoms with Crippen molar-refractivity contribution in [1.82, 2.24) is 10.4 Å². The largest absolute Gasteiger partial charge is 1.00 e. The number of amides is 1. The van der Waals surface area contributed by atoms with Crippen LogP contribution in [0.3, 0.4) is 0 Å². The van der Waals surface area contributed by atoms with E-state index in [1.165, 1.54) is 50.0 Å². The molecule has 0 saturated carbocycles. The predicted molar refractivity (Wildman–Crippen MR) is 96.8 cm³/mol. The summed E-state index contributed by atoms with van der Waals surface area (Å²) in [4.78, 5) is 27.6. The fourth-order valence-corrected chi connectivity index (χ4v) is 2.53. The summed E-state index contributed by atoms with van der Waals surface area (Å²) in [7, 11) is 0. The third-order valence-electron chi connectivity index (χ3n) is 3.81. The predicted octanol–water partition coefficient (Wildman–Crippen LogP) is 0.478. The molecular formula is C18H37N2NaO4. The third kappa shape index (κ3) is 20.0. The zero-order valence-electron chi connectivity index (χ0n) is 17.5. The molecule has 0 radical (unpaired) electrons. The average molecular weight is 368 g/mol. The fraction of sp³-hybridized carbons (Fsp3) is 0.889. The number of carboxylic acids is 1. The molecule has 0 rings (SSSR count). The molecule has 2 N–H and O–H groups in total. The van der Waals surface area contributed by atoms with Gasteiger partial charge in [0.05, 0.1) is 6.61 Å². The molecule has 0 spiro atoms. The van der Waals surface area contributed by atoms with Gasteiger partial charge in [0.2, 0.25) is 5.91 Å². The van der Waals surface area contributed by atoms with Gasteiger partial charge in [-0.15, -0.1) is 0 Å². The van der Waals surface area contributed by atoms with Crippen molar-refractivity contribution in [3.05, 3.63) is 0 Å². The van der Waals surface area contributed by atoms with E-state index >= 15 is 0 Å². The van der Waals surface area contributed by atoms with Crippen LogP contribution in [-0.2, 0) is 14.4 Å². The number of carbonyl (C=O) groups is 2. The number of nitrogens with zero attached hydrogens (tertiary/aromatic N) is 1. The van der Waals surface area contributed by atoms with Crippen LogP contribution < -0.4 is 34.9 Å². The normalized spacial score (nSPS) is 10.5. The zero-order valence-corrected chi connectivity index (χ0v) is 18.5. The van der Waals surface area contributed by atoms with Crippen molar-refractivity contribution < 1.29 is 50.5 Å². The van der Waals surface area contributed by atoms with Gasteiger partial charge in [-0.05, 0) is 13.3 Å². The minimum absolute atomic E-state index is 0. The molecule has 0 aliphatic heterocycles. The number of hydrogen-bond acceptors (Lipinski definition) is 4. The number of hydroxylamine groups is 2. The second kappa shape index (κ2) is 20.2. The van der Waals surface area contributed by atoms with Gasteiger partial charge in [-0.25, -0.2) is 0 Å². The summed E-state index contributed by atoms with van der Waals surface area (Å²) in [5, 5.41) is 12.9. The van der Waals surface area contributed by atoms with E-state index in [2.05, 4.69) is 12.2 Å². The van der Waals surface area contributed by atoms with Gasteiger partial charge in [0.15, 0.2) is 0 Å². The van der Waals surface area contributed by atoms with E-state index in [1.54, 1.807) is 6.92 Å². The van der Waals surface area contributed by atoms with Gasteiger partial charge in [0.25, 0.3) is 0 Å². The molecule has 0 aliphatic rings. The van der Waals surface area contributed by atoms with E-state index in [1.807, 2.05) is 0 Å². The summed E-state index contributed by atoms with van der Waals surface area (Å²) >= 11 is 0. The quantitative estimate of drug-likeness (QED) is 0.222. The van der Waals surface area contributed by atoms with Crippen LogP contribution in [-0.4, -0.2) is 48.3 Å². The number of aliphatic carboxylic acids is 1. The summed E-state index contributed by atoms with van der Waals surface area (Å²) < 4.78 is 0. The molecular weight excluding hydrogens is 331 g/mol. The molecule has 25 heavy (non-hydrogen) atoms. The Morgan fingerprint density at radius 1 is 1.00 bits per heavy atom. The van der Waals surface area contributed by atoms with Gasteiger partial charge in [-0.3, -0.25) is 14.4 Å². The maximum Gasteiger partial charge on any atom is 1.00 e. The van der Waals surface area contributed by atoms with E-state index in [0.29, 0.717) is 26.1 Å². The van der Waals surface area contributed by atoms with Crippen LogP contribution in [0.25, 0.3) is 0 Å². The van der Waals surface area contributed by atoms with E-state index < -0.39 is 5.97 Å². The molecule has 0 atom stereocenters. The fourth-order valence-electron chi connectivity index (χ4n) is 2.53. The summed E-state index contributed by atoms with van der Waals surface area (Å²) in [5.74, 6) is -0.908. The molecule has 0 unspecified atom stereocenters. The Morgan fingerprint density at radius 3 is 2.08 bits per heavy atom. The van der Waals surface area contributed by atoms with E-state index in [4.69, 9.17) is 9.94 Å². The Balaban J connectivity index is -0.00000264. The number of carboxylic acid groups (broad SMARTS) is 1. The number of nitrogens with one attached hydrogen (secondary N) is 1. The Morgan fingerprint density at radius 2 is 1.56 bits per heavy atom. The molecule has 0 aliphatic carbocycles. The molecule has 0 aromatic carbocycles. The smallest absolute Gasteiger partial charge is 1.00 e. The molecule has 7 heteroatoms. The minimum atomic E-state index is -0.940. The summed E-state index contributed by atoms with van der Waals surface area (Å²) in [5.41, 5.74) is 0. The van der Waals surface area contributed by atoms with E-state index in [9.17, 15) is 9.59 Å². The number of carbonyl (C=O) groups excluding carboxylic acids is 1. The SMILES string of the molecule is CCCCCCCCCCCC(=O)NCCN(CC(=O)O)OCC.[H-].[Na+]. The van der Waals surface area contributed by atoms with Crippen LogP contribution in [0.15, 0.2) is 0 Å². The van der Waals surface area contributed by atoms with Crippen LogP contribution in [0.2, 0.25) is 0 Å². The number of hydrogen-bond donors (Lipinski definition) is 2. The first-order valence-corrected chi connectivity index (χ1v) is 9.46. The van der Waals surface area contributed by atoms with Crippen molar-refractivity contribution in [2.45, 2.75) is 78.1 Å². The van der Waals surface area contributed by atoms with Crippen LogP contribution in [0.5, 0.6) is 0 Å². The van der Waals surface area contributed by atoms with Crippen LogP contribution >= 0.6 is 0 Å². The monoisotopic (exact) mass is 368 g/mol. The first-order valence-electron chi connectivity index (χ1n) is 9.46. The van der Waals surface area contributed by atoms with Crippen molar-refractivity contribution in [2.24, 2.45) is 0 Å². The maximum atomic E-state index is 11.7. The summed E-state index contributed by atoms with van der Waals surface area (Å²) in [6.07, 6.45) is 11.7. The van der Waals surface area contributed by atoms with Crippen molar-refractivity contribution in [1.29, 1.82) is 0 Å². The number of rotatable bonds is 17. The maximum absolute atomic E-state index is 11.7. The Kier molecular flexibility index (Phi) is 21.9. The molecule has 0 saturated heterocycles. The first kappa shape index (κ1) is 27.1. The molecule has 1 amide bonds. The Labute approximate surface area is 176 Å². The first-order chi connectivity index (χ1) is 11.6. The van der Waals surface area contributed by atoms with Crippen molar-refractivity contribution >= 4 is 11.9 Å². The van der Waals surface area contributed by atoms with E-state index in [-0.39, 0.29) is 43.4 Å².